The Bertz CT molecular complexity index is 783. The molecule has 1 aromatic rings. The van der Waals surface area contributed by atoms with Gasteiger partial charge in [-0.05, 0) is 28.1 Å². The van der Waals surface area contributed by atoms with Crippen molar-refractivity contribution < 1.29 is 33.0 Å². The van der Waals surface area contributed by atoms with Gasteiger partial charge >= 0.3 is 12.1 Å². The van der Waals surface area contributed by atoms with Crippen LogP contribution in [-0.4, -0.2) is 38.7 Å². The van der Waals surface area contributed by atoms with Crippen LogP contribution in [0.2, 0.25) is 0 Å². The van der Waals surface area contributed by atoms with Crippen LogP contribution >= 0.6 is 27.7 Å². The van der Waals surface area contributed by atoms with E-state index in [9.17, 15) is 27.9 Å². The van der Waals surface area contributed by atoms with Crippen molar-refractivity contribution in [2.45, 2.75) is 17.8 Å². The highest BCUT2D eigenvalue weighted by Crippen LogP contribution is 2.36. The lowest BCUT2D eigenvalue weighted by Gasteiger charge is -2.09. The van der Waals surface area contributed by atoms with Crippen LogP contribution < -0.4 is 5.32 Å². The number of nitrogens with zero attached hydrogens (tertiary/aromatic N) is 2. The molecule has 12 heteroatoms. The lowest BCUT2D eigenvalue weighted by Crippen LogP contribution is -2.26. The van der Waals surface area contributed by atoms with Gasteiger partial charge in [-0.2, -0.15) is 18.3 Å². The molecule has 1 heterocycles. The minimum atomic E-state index is -4.61. The zero-order valence-electron chi connectivity index (χ0n) is 12.0. The van der Waals surface area contributed by atoms with E-state index in [1.807, 2.05) is 0 Å². The minimum absolute atomic E-state index is 0.0121. The Hall–Kier alpha value is -2.08. The Morgan fingerprint density at radius 2 is 2.12 bits per heavy atom. The summed E-state index contributed by atoms with van der Waals surface area (Å²) in [5, 5.41) is 27.0. The molecule has 1 unspecified atom stereocenters. The Morgan fingerprint density at radius 3 is 2.72 bits per heavy atom. The van der Waals surface area contributed by atoms with Crippen LogP contribution in [0.25, 0.3) is 0 Å². The normalized spacial score (nSPS) is 19.6. The highest BCUT2D eigenvalue weighted by atomic mass is 79.9. The van der Waals surface area contributed by atoms with E-state index in [4.69, 9.17) is 5.11 Å². The molecule has 7 nitrogen and oxygen atoms in total. The number of phenolic OH excluding ortho intramolecular Hbond substituents is 1. The van der Waals surface area contributed by atoms with Gasteiger partial charge in [0, 0.05) is 5.56 Å². The number of halogens is 4. The van der Waals surface area contributed by atoms with Gasteiger partial charge in [0.2, 0.25) is 5.91 Å². The average molecular weight is 440 g/mol. The fraction of sp³-hybridized carbons (Fsp3) is 0.231. The maximum absolute atomic E-state index is 12.8. The Balaban J connectivity index is 2.19. The maximum Gasteiger partial charge on any atom is 0.416 e. The summed E-state index contributed by atoms with van der Waals surface area (Å²) in [6.07, 6.45) is -4.12. The van der Waals surface area contributed by atoms with E-state index in [0.717, 1.165) is 24.0 Å². The predicted molar refractivity (Wildman–Crippen MR) is 87.6 cm³/mol. The monoisotopic (exact) mass is 439 g/mol. The number of rotatable bonds is 4. The molecule has 0 aromatic heterocycles. The molecule has 0 radical (unpaired) electrons. The van der Waals surface area contributed by atoms with Crippen molar-refractivity contribution in [2.75, 3.05) is 0 Å². The van der Waals surface area contributed by atoms with Crippen molar-refractivity contribution in [1.29, 1.82) is 0 Å². The van der Waals surface area contributed by atoms with Gasteiger partial charge in [-0.3, -0.25) is 9.59 Å². The number of amides is 1. The third-order valence-electron chi connectivity index (χ3n) is 2.90. The fourth-order valence-corrected chi connectivity index (χ4v) is 3.16. The molecule has 0 spiro atoms. The summed E-state index contributed by atoms with van der Waals surface area (Å²) < 4.78 is 38.1. The molecule has 1 atom stereocenters. The van der Waals surface area contributed by atoms with Gasteiger partial charge in [-0.1, -0.05) is 11.8 Å². The first-order chi connectivity index (χ1) is 11.6. The largest absolute Gasteiger partial charge is 0.506 e. The maximum atomic E-state index is 12.8. The van der Waals surface area contributed by atoms with Gasteiger partial charge in [-0.15, -0.1) is 5.10 Å². The standard InChI is InChI=1S/C13H9BrF3N3O4S/c14-7-2-6(13(15,16)17)1-5(10(7)23)4-18-20-12-19-11(24)8(25-12)3-9(21)22/h1-2,4,8,23H,3H2,(H,21,22)(H,19,20,24). The van der Waals surface area contributed by atoms with E-state index in [1.54, 1.807) is 0 Å². The van der Waals surface area contributed by atoms with Gasteiger partial charge in [-0.25, -0.2) is 0 Å². The van der Waals surface area contributed by atoms with E-state index in [0.29, 0.717) is 6.07 Å². The second kappa shape index (κ2) is 7.44. The number of phenols is 1. The van der Waals surface area contributed by atoms with Crippen molar-refractivity contribution in [2.24, 2.45) is 10.2 Å². The highest BCUT2D eigenvalue weighted by molar-refractivity contribution is 9.10. The number of carboxylic acids is 1. The molecule has 0 aliphatic carbocycles. The summed E-state index contributed by atoms with van der Waals surface area (Å²) in [5.74, 6) is -2.16. The number of carboxylic acid groups (broad SMARTS) is 1. The molecule has 134 valence electrons. The summed E-state index contributed by atoms with van der Waals surface area (Å²) in [6, 6.07) is 1.42. The molecule has 3 N–H and O–H groups in total. The summed E-state index contributed by atoms with van der Waals surface area (Å²) in [6.45, 7) is 0. The number of nitrogens with one attached hydrogen (secondary N) is 1. The van der Waals surface area contributed by atoms with Crippen molar-refractivity contribution in [1.82, 2.24) is 5.32 Å². The van der Waals surface area contributed by atoms with Gasteiger partial charge in [0.05, 0.1) is 22.7 Å². The Morgan fingerprint density at radius 1 is 1.44 bits per heavy atom. The number of carbonyl (C=O) groups is 2. The van der Waals surface area contributed by atoms with Gasteiger partial charge in [0.15, 0.2) is 5.17 Å². The lowest BCUT2D eigenvalue weighted by atomic mass is 10.1. The van der Waals surface area contributed by atoms with Crippen LogP contribution in [0.1, 0.15) is 17.5 Å². The first kappa shape index (κ1) is 19.2. The second-order valence-electron chi connectivity index (χ2n) is 4.74. The third-order valence-corrected chi connectivity index (χ3v) is 4.58. The van der Waals surface area contributed by atoms with Gasteiger partial charge < -0.3 is 15.5 Å². The van der Waals surface area contributed by atoms with E-state index in [1.165, 1.54) is 0 Å². The van der Waals surface area contributed by atoms with Crippen molar-refractivity contribution in [3.8, 4) is 5.75 Å². The lowest BCUT2D eigenvalue weighted by molar-refractivity contribution is -0.138. The quantitative estimate of drug-likeness (QED) is 0.493. The number of carbonyl (C=O) groups excluding carboxylic acids is 1. The zero-order valence-corrected chi connectivity index (χ0v) is 14.4. The molecule has 0 bridgehead atoms. The van der Waals surface area contributed by atoms with E-state index >= 15 is 0 Å². The topological polar surface area (TPSA) is 111 Å². The number of thioether (sulfide) groups is 1. The molecule has 1 aromatic carbocycles. The van der Waals surface area contributed by atoms with Crippen LogP contribution in [-0.2, 0) is 15.8 Å². The first-order valence-electron chi connectivity index (χ1n) is 6.48. The molecule has 1 saturated heterocycles. The van der Waals surface area contributed by atoms with Crippen molar-refractivity contribution in [3.05, 3.63) is 27.7 Å². The van der Waals surface area contributed by atoms with E-state index < -0.39 is 41.0 Å². The molecule has 25 heavy (non-hydrogen) atoms. The van der Waals surface area contributed by atoms with Crippen LogP contribution in [0.15, 0.2) is 26.8 Å². The van der Waals surface area contributed by atoms with Crippen molar-refractivity contribution >= 4 is 51.0 Å². The summed E-state index contributed by atoms with van der Waals surface area (Å²) in [4.78, 5) is 22.1. The number of aliphatic carboxylic acids is 1. The first-order valence-corrected chi connectivity index (χ1v) is 8.15. The highest BCUT2D eigenvalue weighted by Gasteiger charge is 2.33. The molecular weight excluding hydrogens is 431 g/mol. The number of benzene rings is 1. The minimum Gasteiger partial charge on any atom is -0.506 e. The van der Waals surface area contributed by atoms with Gasteiger partial charge in [0.1, 0.15) is 11.0 Å². The van der Waals surface area contributed by atoms with Crippen LogP contribution in [0, 0.1) is 0 Å². The molecule has 1 amide bonds. The zero-order chi connectivity index (χ0) is 18.8. The molecule has 0 saturated carbocycles. The third kappa shape index (κ3) is 4.95. The molecule has 1 aliphatic rings. The smallest absolute Gasteiger partial charge is 0.416 e. The van der Waals surface area contributed by atoms with Crippen LogP contribution in [0.4, 0.5) is 13.2 Å². The van der Waals surface area contributed by atoms with Crippen LogP contribution in [0.5, 0.6) is 5.75 Å². The van der Waals surface area contributed by atoms with Crippen LogP contribution in [0.3, 0.4) is 0 Å². The van der Waals surface area contributed by atoms with Gasteiger partial charge in [0.25, 0.3) is 0 Å². The Kier molecular flexibility index (Phi) is 5.72. The fourth-order valence-electron chi connectivity index (χ4n) is 1.77. The SMILES string of the molecule is O=C(O)CC1SC(=NN=Cc2cc(C(F)(F)F)cc(Br)c2O)NC1=O. The summed E-state index contributed by atoms with van der Waals surface area (Å²) in [7, 11) is 0. The average Bonchev–Trinajstić information content (AvgIpc) is 2.81. The number of alkyl halides is 3. The molecule has 1 fully saturated rings. The molecular formula is C13H9BrF3N3O4S. The summed E-state index contributed by atoms with van der Waals surface area (Å²) in [5.41, 5.74) is -1.22. The molecule has 1 aliphatic heterocycles. The number of aromatic hydroxyl groups is 1. The van der Waals surface area contributed by atoms with E-state index in [-0.39, 0.29) is 15.2 Å². The number of hydrogen-bond acceptors (Lipinski definition) is 6. The number of hydrogen-bond donors (Lipinski definition) is 3. The summed E-state index contributed by atoms with van der Waals surface area (Å²) >= 11 is 3.66. The van der Waals surface area contributed by atoms with E-state index in [2.05, 4.69) is 31.4 Å². The van der Waals surface area contributed by atoms with Crippen molar-refractivity contribution in [3.63, 3.8) is 0 Å². The molecule has 2 rings (SSSR count). The second-order valence-corrected chi connectivity index (χ2v) is 6.78. The predicted octanol–water partition coefficient (Wildman–Crippen LogP) is 2.57. The Labute approximate surface area is 151 Å². The number of amidine groups is 1.